The number of carbonyl (C=O) groups excluding carboxylic acids is 1. The van der Waals surface area contributed by atoms with E-state index < -0.39 is 74.6 Å². The van der Waals surface area contributed by atoms with Crippen molar-refractivity contribution in [2.24, 2.45) is 0 Å². The molecule has 3 heterocycles. The van der Waals surface area contributed by atoms with Gasteiger partial charge >= 0.3 is 5.97 Å². The normalized spacial score (nSPS) is 43.9. The van der Waals surface area contributed by atoms with Crippen molar-refractivity contribution in [3.05, 3.63) is 0 Å². The van der Waals surface area contributed by atoms with Gasteiger partial charge in [-0.05, 0) is 19.3 Å². The van der Waals surface area contributed by atoms with Crippen LogP contribution in [-0.2, 0) is 23.7 Å². The van der Waals surface area contributed by atoms with Crippen LogP contribution in [0.1, 0.15) is 25.7 Å². The zero-order chi connectivity index (χ0) is 23.1. The highest BCUT2D eigenvalue weighted by molar-refractivity contribution is 5.69. The molecule has 0 bridgehead atoms. The summed E-state index contributed by atoms with van der Waals surface area (Å²) in [5, 5.41) is 76.4. The van der Waals surface area contributed by atoms with Crippen LogP contribution < -0.4 is 0 Å². The second-order valence-corrected chi connectivity index (χ2v) is 7.56. The maximum absolute atomic E-state index is 10.5. The zero-order valence-corrected chi connectivity index (χ0v) is 16.8. The molecule has 0 aliphatic carbocycles. The summed E-state index contributed by atoms with van der Waals surface area (Å²) in [4.78, 5) is 10.5. The first-order chi connectivity index (χ1) is 14.7. The highest BCUT2D eigenvalue weighted by atomic mass is 16.8. The fourth-order valence-electron chi connectivity index (χ4n) is 3.30. The van der Waals surface area contributed by atoms with Crippen LogP contribution in [0.4, 0.5) is 0 Å². The molecule has 8 N–H and O–H groups in total. The van der Waals surface area contributed by atoms with Crippen molar-refractivity contribution in [2.45, 2.75) is 87.1 Å². The predicted octanol–water partition coefficient (Wildman–Crippen LogP) is -4.29. The summed E-state index contributed by atoms with van der Waals surface area (Å²) in [5.41, 5.74) is 0. The van der Waals surface area contributed by atoms with Crippen molar-refractivity contribution in [3.63, 3.8) is 0 Å². The Bertz CT molecular complexity index is 501. The Morgan fingerprint density at radius 2 is 1.19 bits per heavy atom. The molecule has 0 saturated carbocycles. The van der Waals surface area contributed by atoms with Crippen LogP contribution in [0.15, 0.2) is 0 Å². The molecule has 0 spiro atoms. The van der Waals surface area contributed by atoms with Crippen LogP contribution in [0.3, 0.4) is 0 Å². The minimum atomic E-state index is -1.72. The Hall–Kier alpha value is -0.970. The number of carbonyl (C=O) groups is 1. The molecule has 0 aromatic carbocycles. The van der Waals surface area contributed by atoms with Gasteiger partial charge in [-0.15, -0.1) is 0 Å². The highest BCUT2D eigenvalue weighted by Gasteiger charge is 2.49. The van der Waals surface area contributed by atoms with Crippen molar-refractivity contribution in [2.75, 3.05) is 19.8 Å². The lowest BCUT2D eigenvalue weighted by molar-refractivity contribution is -0.376. The summed E-state index contributed by atoms with van der Waals surface area (Å²) >= 11 is 0. The quantitative estimate of drug-likeness (QED) is 0.188. The molecule has 3 saturated heterocycles. The van der Waals surface area contributed by atoms with Crippen molar-refractivity contribution in [3.8, 4) is 0 Å². The number of aliphatic hydroxyl groups is 8. The first-order valence-electron chi connectivity index (χ1n) is 10.1. The number of aliphatic hydroxyl groups excluding tert-OH is 8. The van der Waals surface area contributed by atoms with Crippen LogP contribution in [-0.4, -0.2) is 128 Å². The highest BCUT2D eigenvalue weighted by Crippen LogP contribution is 2.27. The third-order valence-corrected chi connectivity index (χ3v) is 5.25. The Labute approximate surface area is 178 Å². The molecule has 0 radical (unpaired) electrons. The van der Waals surface area contributed by atoms with Crippen LogP contribution in [0.5, 0.6) is 0 Å². The number of cyclic esters (lactones) is 1. The van der Waals surface area contributed by atoms with E-state index in [1.807, 2.05) is 0 Å². The predicted molar refractivity (Wildman–Crippen MR) is 98.0 cm³/mol. The molecule has 3 aliphatic rings. The van der Waals surface area contributed by atoms with E-state index >= 15 is 0 Å². The average molecular weight is 456 g/mol. The van der Waals surface area contributed by atoms with Crippen LogP contribution in [0, 0.1) is 0 Å². The minimum absolute atomic E-state index is 0.0255. The summed E-state index contributed by atoms with van der Waals surface area (Å²) < 4.78 is 20.1. The molecule has 13 nitrogen and oxygen atoms in total. The first kappa shape index (κ1) is 26.3. The van der Waals surface area contributed by atoms with Gasteiger partial charge in [0.2, 0.25) is 0 Å². The van der Waals surface area contributed by atoms with Crippen molar-refractivity contribution < 1.29 is 64.6 Å². The van der Waals surface area contributed by atoms with E-state index in [0.717, 1.165) is 19.3 Å². The number of ether oxygens (including phenoxy) is 4. The molecular weight excluding hydrogens is 424 g/mol. The third kappa shape index (κ3) is 6.76. The molecule has 3 fully saturated rings. The van der Waals surface area contributed by atoms with Gasteiger partial charge in [-0.25, -0.2) is 0 Å². The lowest BCUT2D eigenvalue weighted by atomic mass is 9.98. The van der Waals surface area contributed by atoms with Gasteiger partial charge in [0.1, 0.15) is 48.8 Å². The third-order valence-electron chi connectivity index (χ3n) is 5.25. The molecule has 10 atom stereocenters. The molecule has 13 heteroatoms. The standard InChI is InChI=1S/C12H22O11.C6H10O2/c13-1-3-5(15)7(17)9(19)11(21-3)23-12-10(20)8(18)6(16)4(2-14)22-12;7-6-4-2-1-3-5-8-6/h3-20H,1-2H2;1-5H2/t3-,4-,5-,6-,7+,8+,9-,10-,11-,12-;/m1./s1. The summed E-state index contributed by atoms with van der Waals surface area (Å²) in [7, 11) is 0. The van der Waals surface area contributed by atoms with E-state index in [2.05, 4.69) is 0 Å². The van der Waals surface area contributed by atoms with Crippen molar-refractivity contribution in [1.29, 1.82) is 0 Å². The molecule has 0 amide bonds. The van der Waals surface area contributed by atoms with Gasteiger partial charge in [0.25, 0.3) is 0 Å². The lowest BCUT2D eigenvalue weighted by Crippen LogP contribution is -2.63. The fourth-order valence-corrected chi connectivity index (χ4v) is 3.30. The molecule has 31 heavy (non-hydrogen) atoms. The SMILES string of the molecule is O=C1CCCCCO1.OC[C@H]1O[C@H](O[C@H]2O[C@H](CO)[C@@H](O)[C@H](O)[C@H]2O)[C@H](O)[C@@H](O)[C@@H]1O. The van der Waals surface area contributed by atoms with E-state index in [4.69, 9.17) is 29.2 Å². The monoisotopic (exact) mass is 456 g/mol. The van der Waals surface area contributed by atoms with Gasteiger partial charge < -0.3 is 59.8 Å². The van der Waals surface area contributed by atoms with Crippen LogP contribution in [0.25, 0.3) is 0 Å². The van der Waals surface area contributed by atoms with Gasteiger partial charge in [-0.3, -0.25) is 4.79 Å². The molecular formula is C18H32O13. The second kappa shape index (κ2) is 12.3. The van der Waals surface area contributed by atoms with Gasteiger partial charge in [0, 0.05) is 6.42 Å². The van der Waals surface area contributed by atoms with Crippen LogP contribution >= 0.6 is 0 Å². The second-order valence-electron chi connectivity index (χ2n) is 7.56. The summed E-state index contributed by atoms with van der Waals surface area (Å²) in [6.07, 6.45) is -11.8. The Kier molecular flexibility index (Phi) is 10.4. The zero-order valence-electron chi connectivity index (χ0n) is 16.8. The molecule has 0 aromatic rings. The summed E-state index contributed by atoms with van der Waals surface area (Å²) in [6.45, 7) is -0.697. The van der Waals surface area contributed by atoms with Gasteiger partial charge in [-0.1, -0.05) is 0 Å². The number of hydrogen-bond acceptors (Lipinski definition) is 13. The van der Waals surface area contributed by atoms with E-state index in [1.165, 1.54) is 0 Å². The van der Waals surface area contributed by atoms with Gasteiger partial charge in [0.15, 0.2) is 12.6 Å². The Morgan fingerprint density at radius 1 is 0.710 bits per heavy atom. The van der Waals surface area contributed by atoms with E-state index in [9.17, 15) is 35.4 Å². The number of rotatable bonds is 4. The van der Waals surface area contributed by atoms with Crippen molar-refractivity contribution in [1.82, 2.24) is 0 Å². The largest absolute Gasteiger partial charge is 0.466 e. The Morgan fingerprint density at radius 3 is 1.65 bits per heavy atom. The fraction of sp³-hybridized carbons (Fsp3) is 0.944. The summed E-state index contributed by atoms with van der Waals surface area (Å²) in [5.74, 6) is -0.0255. The maximum atomic E-state index is 10.5. The van der Waals surface area contributed by atoms with Crippen LogP contribution in [0.2, 0.25) is 0 Å². The molecule has 3 aliphatic heterocycles. The smallest absolute Gasteiger partial charge is 0.305 e. The topological polar surface area (TPSA) is 216 Å². The molecule has 182 valence electrons. The van der Waals surface area contributed by atoms with E-state index in [0.29, 0.717) is 13.0 Å². The number of hydrogen-bond donors (Lipinski definition) is 8. The molecule has 0 unspecified atom stereocenters. The van der Waals surface area contributed by atoms with Crippen molar-refractivity contribution >= 4 is 5.97 Å². The first-order valence-corrected chi connectivity index (χ1v) is 10.1. The average Bonchev–Trinajstić information content (AvgIpc) is 3.02. The number of esters is 1. The van der Waals surface area contributed by atoms with Gasteiger partial charge in [-0.2, -0.15) is 0 Å². The lowest BCUT2D eigenvalue weighted by Gasteiger charge is -2.44. The molecule has 3 rings (SSSR count). The minimum Gasteiger partial charge on any atom is -0.466 e. The van der Waals surface area contributed by atoms with E-state index in [-0.39, 0.29) is 5.97 Å². The van der Waals surface area contributed by atoms with E-state index in [1.54, 1.807) is 0 Å². The maximum Gasteiger partial charge on any atom is 0.305 e. The molecule has 0 aromatic heterocycles. The summed E-state index contributed by atoms with van der Waals surface area (Å²) in [6, 6.07) is 0. The Balaban J connectivity index is 0.000000357. The van der Waals surface area contributed by atoms with Gasteiger partial charge in [0.05, 0.1) is 19.8 Å².